The van der Waals surface area contributed by atoms with Gasteiger partial charge >= 0.3 is 24.7 Å². The van der Waals surface area contributed by atoms with Crippen molar-refractivity contribution in [3.63, 3.8) is 0 Å². The lowest BCUT2D eigenvalue weighted by Crippen LogP contribution is -2.35. The molecule has 9 rings (SSSR count). The second kappa shape index (κ2) is 18.3. The van der Waals surface area contributed by atoms with E-state index in [1.54, 1.807) is 6.92 Å². The summed E-state index contributed by atoms with van der Waals surface area (Å²) in [7, 11) is 2.34. The van der Waals surface area contributed by atoms with Gasteiger partial charge in [0.2, 0.25) is 11.0 Å². The quantitative estimate of drug-likeness (QED) is 0.0984. The summed E-state index contributed by atoms with van der Waals surface area (Å²) in [4.78, 5) is 4.09. The molecule has 380 valence electrons. The maximum atomic E-state index is 14.7. The largest absolute Gasteiger partial charge is 0.508 e. The number of phenols is 3. The number of fused-ring (bicyclic) bond motifs is 3. The van der Waals surface area contributed by atoms with Gasteiger partial charge in [-0.3, -0.25) is 4.98 Å². The van der Waals surface area contributed by atoms with Crippen molar-refractivity contribution in [3.8, 4) is 62.1 Å². The highest BCUT2D eigenvalue weighted by molar-refractivity contribution is 6.00. The molecule has 74 heavy (non-hydrogen) atoms. The number of hydrogen-bond acceptors (Lipinski definition) is 6. The lowest BCUT2D eigenvalue weighted by molar-refractivity contribution is -0.662. The van der Waals surface area contributed by atoms with Gasteiger partial charge in [-0.15, -0.1) is 0 Å². The van der Waals surface area contributed by atoms with E-state index in [0.717, 1.165) is 29.9 Å². The van der Waals surface area contributed by atoms with E-state index in [0.29, 0.717) is 11.6 Å². The minimum absolute atomic E-state index is 0.0109. The first-order chi connectivity index (χ1) is 34.7. The SMILES string of the molecule is COc1cc(C(F)(F)F)c2c(-c3ccc(C[n+]4ccc(-c5ccc(C[n+]6ccc(-c7ccc(C)c(O)c7)c7c(C(F)(F)F)cc(C(F)(F)F)cc76)c(O)c5)c5c(OC)cc(C(F)(F)F)cc54)c(O)c3)ccnc2c1. The number of rotatable bonds is 9. The molecule has 0 saturated heterocycles. The number of halogens is 12. The van der Waals surface area contributed by atoms with E-state index in [4.69, 9.17) is 9.47 Å². The van der Waals surface area contributed by atoms with E-state index in [1.165, 1.54) is 109 Å². The molecule has 3 heterocycles. The Balaban J connectivity index is 1.13. The number of phenolic OH excluding ortho intramolecular Hbond substituents is 3. The van der Waals surface area contributed by atoms with E-state index >= 15 is 0 Å². The topological polar surface area (TPSA) is 99.8 Å². The number of pyridine rings is 3. The molecule has 3 N–H and O–H groups in total. The van der Waals surface area contributed by atoms with Crippen molar-refractivity contribution >= 4 is 32.7 Å². The van der Waals surface area contributed by atoms with Crippen LogP contribution in [0.25, 0.3) is 66.1 Å². The zero-order chi connectivity index (χ0) is 53.4. The number of alkyl halides is 12. The molecule has 0 saturated carbocycles. The maximum Gasteiger partial charge on any atom is 0.417 e. The molecule has 8 nitrogen and oxygen atoms in total. The van der Waals surface area contributed by atoms with E-state index in [-0.39, 0.29) is 96.2 Å². The predicted molar refractivity (Wildman–Crippen MR) is 247 cm³/mol. The van der Waals surface area contributed by atoms with Gasteiger partial charge in [-0.05, 0) is 89.3 Å². The molecule has 0 atom stereocenters. The number of aromatic hydroxyl groups is 3. The first-order valence-corrected chi connectivity index (χ1v) is 22.0. The van der Waals surface area contributed by atoms with Gasteiger partial charge in [-0.2, -0.15) is 61.8 Å². The number of nitrogens with zero attached hydrogens (tertiary/aromatic N) is 3. The van der Waals surface area contributed by atoms with Gasteiger partial charge in [0.15, 0.2) is 25.5 Å². The highest BCUT2D eigenvalue weighted by Gasteiger charge is 2.41. The van der Waals surface area contributed by atoms with Crippen molar-refractivity contribution in [3.05, 3.63) is 167 Å². The number of ether oxygens (including phenoxy) is 2. The van der Waals surface area contributed by atoms with Crippen molar-refractivity contribution in [2.45, 2.75) is 44.7 Å². The highest BCUT2D eigenvalue weighted by Crippen LogP contribution is 2.46. The van der Waals surface area contributed by atoms with Crippen LogP contribution >= 0.6 is 0 Å². The molecular formula is C54H37F12N3O5+2. The maximum absolute atomic E-state index is 14.7. The molecule has 0 aliphatic carbocycles. The second-order valence-corrected chi connectivity index (χ2v) is 17.3. The zero-order valence-electron chi connectivity index (χ0n) is 38.6. The van der Waals surface area contributed by atoms with Gasteiger partial charge < -0.3 is 24.8 Å². The summed E-state index contributed by atoms with van der Waals surface area (Å²) in [5.74, 6) is -1.54. The van der Waals surface area contributed by atoms with Crippen LogP contribution in [0, 0.1) is 6.92 Å². The lowest BCUT2D eigenvalue weighted by atomic mass is 9.94. The van der Waals surface area contributed by atoms with Crippen LogP contribution in [0.3, 0.4) is 0 Å². The molecule has 0 unspecified atom stereocenters. The van der Waals surface area contributed by atoms with Gasteiger partial charge in [0, 0.05) is 53.0 Å². The van der Waals surface area contributed by atoms with Crippen LogP contribution in [0.15, 0.2) is 128 Å². The van der Waals surface area contributed by atoms with E-state index in [1.807, 2.05) is 0 Å². The van der Waals surface area contributed by atoms with Crippen LogP contribution in [0.1, 0.15) is 38.9 Å². The summed E-state index contributed by atoms with van der Waals surface area (Å²) in [5.41, 5.74) is -4.88. The first kappa shape index (κ1) is 50.6. The summed E-state index contributed by atoms with van der Waals surface area (Å²) >= 11 is 0. The average Bonchev–Trinajstić information content (AvgIpc) is 3.34. The molecule has 0 fully saturated rings. The summed E-state index contributed by atoms with van der Waals surface area (Å²) in [6, 6.07) is 20.5. The van der Waals surface area contributed by atoms with Crippen LogP contribution in [0.5, 0.6) is 28.7 Å². The summed E-state index contributed by atoms with van der Waals surface area (Å²) in [6.45, 7) is 0.777. The molecule has 0 aliphatic rings. The summed E-state index contributed by atoms with van der Waals surface area (Å²) in [6.07, 6.45) is -16.3. The van der Waals surface area contributed by atoms with Crippen LogP contribution in [-0.2, 0) is 37.8 Å². The highest BCUT2D eigenvalue weighted by atomic mass is 19.4. The third-order valence-corrected chi connectivity index (χ3v) is 12.7. The van der Waals surface area contributed by atoms with E-state index in [2.05, 4.69) is 4.98 Å². The predicted octanol–water partition coefficient (Wildman–Crippen LogP) is 13.7. The Morgan fingerprint density at radius 2 is 0.946 bits per heavy atom. The number of aromatic nitrogens is 3. The summed E-state index contributed by atoms with van der Waals surface area (Å²) in [5, 5.41) is 32.5. The van der Waals surface area contributed by atoms with Crippen LogP contribution in [0.4, 0.5) is 52.7 Å². The molecule has 0 amide bonds. The van der Waals surface area contributed by atoms with Gasteiger partial charge in [-0.1, -0.05) is 24.3 Å². The van der Waals surface area contributed by atoms with Crippen molar-refractivity contribution < 1.29 is 86.6 Å². The third-order valence-electron chi connectivity index (χ3n) is 12.7. The molecule has 0 aliphatic heterocycles. The second-order valence-electron chi connectivity index (χ2n) is 17.3. The number of hydrogen-bond donors (Lipinski definition) is 3. The Hall–Kier alpha value is -8.29. The van der Waals surface area contributed by atoms with Crippen molar-refractivity contribution in [2.24, 2.45) is 0 Å². The smallest absolute Gasteiger partial charge is 0.417 e. The minimum atomic E-state index is -5.28. The Morgan fingerprint density at radius 1 is 0.473 bits per heavy atom. The van der Waals surface area contributed by atoms with E-state index in [9.17, 15) is 68.0 Å². The Labute approximate surface area is 411 Å². The van der Waals surface area contributed by atoms with Crippen molar-refractivity contribution in [2.75, 3.05) is 14.2 Å². The third kappa shape index (κ3) is 9.46. The van der Waals surface area contributed by atoms with Gasteiger partial charge in [0.1, 0.15) is 28.7 Å². The van der Waals surface area contributed by atoms with Crippen molar-refractivity contribution in [1.82, 2.24) is 4.98 Å². The fourth-order valence-corrected chi connectivity index (χ4v) is 9.08. The van der Waals surface area contributed by atoms with Gasteiger partial charge in [0.25, 0.3) is 0 Å². The van der Waals surface area contributed by atoms with Crippen molar-refractivity contribution in [1.29, 1.82) is 0 Å². The molecule has 6 aromatic carbocycles. The lowest BCUT2D eigenvalue weighted by Gasteiger charge is -2.17. The standard InChI is InChI=1S/C54H35F12N3O5/c1-27-4-5-28(16-44(27)70)37-11-14-68(42-20-33(51(55,56)57)19-39(49(37)42)53(61,62)63)25-31-9-7-30(18-46(31)72)38-12-15-69(43-21-34(52(58,59)60)22-47(74-3)50(38)43)26-32-8-6-29(17-45(32)71)36-10-13-67-41-24-35(73-2)23-40(48(36)41)54(64,65)66/h4-24H,25-26H2,1-3H3,(H-2,70,71,72)/p+2. The fraction of sp³-hybridized carbons (Fsp3) is 0.167. The molecule has 0 radical (unpaired) electrons. The number of aryl methyl sites for hydroxylation is 1. The molecule has 20 heteroatoms. The number of benzene rings is 6. The molecule has 9 aromatic rings. The molecule has 0 spiro atoms. The zero-order valence-corrected chi connectivity index (χ0v) is 38.6. The monoisotopic (exact) mass is 1040 g/mol. The Bertz CT molecular complexity index is 3720. The van der Waals surface area contributed by atoms with Crippen LogP contribution in [-0.4, -0.2) is 34.5 Å². The van der Waals surface area contributed by atoms with E-state index < -0.39 is 75.9 Å². The summed E-state index contributed by atoms with van der Waals surface area (Å²) < 4.78 is 187. The Morgan fingerprint density at radius 3 is 1.43 bits per heavy atom. The van der Waals surface area contributed by atoms with Gasteiger partial charge in [-0.25, -0.2) is 0 Å². The Kier molecular flexibility index (Phi) is 12.5. The normalized spacial score (nSPS) is 12.5. The molecule has 0 bridgehead atoms. The molecule has 3 aromatic heterocycles. The molecular weight excluding hydrogens is 999 g/mol. The average molecular weight is 1040 g/mol. The number of methoxy groups -OCH3 is 2. The van der Waals surface area contributed by atoms with Crippen LogP contribution < -0.4 is 18.6 Å². The van der Waals surface area contributed by atoms with Crippen LogP contribution in [0.2, 0.25) is 0 Å². The van der Waals surface area contributed by atoms with Gasteiger partial charge in [0.05, 0.1) is 63.9 Å². The minimum Gasteiger partial charge on any atom is -0.508 e. The first-order valence-electron chi connectivity index (χ1n) is 22.0. The fourth-order valence-electron chi connectivity index (χ4n) is 9.08.